The summed E-state index contributed by atoms with van der Waals surface area (Å²) in [6.07, 6.45) is -1.60. The van der Waals surface area contributed by atoms with Crippen LogP contribution in [0.5, 0.6) is 5.75 Å². The Kier molecular flexibility index (Phi) is 4.26. The molecule has 0 aliphatic carbocycles. The second-order valence-corrected chi connectivity index (χ2v) is 4.25. The third kappa shape index (κ3) is 3.59. The lowest BCUT2D eigenvalue weighted by molar-refractivity contribution is -0.137. The molecule has 1 heterocycles. The summed E-state index contributed by atoms with van der Waals surface area (Å²) >= 11 is 0. The lowest BCUT2D eigenvalue weighted by Crippen LogP contribution is -2.07. The summed E-state index contributed by atoms with van der Waals surface area (Å²) < 4.78 is 42.6. The molecule has 0 aliphatic rings. The highest BCUT2D eigenvalue weighted by atomic mass is 19.4. The van der Waals surface area contributed by atoms with E-state index in [9.17, 15) is 18.0 Å². The number of alkyl halides is 3. The molecule has 6 heteroatoms. The fourth-order valence-electron chi connectivity index (χ4n) is 1.77. The van der Waals surface area contributed by atoms with Crippen LogP contribution in [0.4, 0.5) is 13.2 Å². The Morgan fingerprint density at radius 2 is 1.81 bits per heavy atom. The molecular formula is C15H12F3NO2. The first-order valence-electron chi connectivity index (χ1n) is 6.21. The van der Waals surface area contributed by atoms with Crippen molar-refractivity contribution < 1.29 is 22.7 Å². The number of halogens is 3. The average molecular weight is 295 g/mol. The number of benzene rings is 1. The molecule has 110 valence electrons. The fourth-order valence-corrected chi connectivity index (χ4v) is 1.77. The van der Waals surface area contributed by atoms with Gasteiger partial charge in [-0.05, 0) is 25.1 Å². The molecular weight excluding hydrogens is 283 g/mol. The van der Waals surface area contributed by atoms with Gasteiger partial charge >= 0.3 is 6.18 Å². The molecule has 2 aromatic rings. The molecule has 0 spiro atoms. The predicted octanol–water partition coefficient (Wildman–Crippen LogP) is 3.73. The summed E-state index contributed by atoms with van der Waals surface area (Å²) in [5, 5.41) is 0. The molecule has 2 rings (SSSR count). The number of hydrogen-bond acceptors (Lipinski definition) is 3. The minimum Gasteiger partial charge on any atom is -0.492 e. The van der Waals surface area contributed by atoms with E-state index in [-0.39, 0.29) is 11.1 Å². The van der Waals surface area contributed by atoms with Crippen LogP contribution in [0.1, 0.15) is 28.4 Å². The number of carbonyl (C=O) groups excluding carboxylic acids is 1. The zero-order valence-electron chi connectivity index (χ0n) is 11.1. The van der Waals surface area contributed by atoms with Crippen molar-refractivity contribution >= 4 is 5.78 Å². The van der Waals surface area contributed by atoms with Gasteiger partial charge in [-0.25, -0.2) is 0 Å². The molecule has 1 aromatic carbocycles. The minimum atomic E-state index is -4.42. The number of rotatable bonds is 4. The summed E-state index contributed by atoms with van der Waals surface area (Å²) in [4.78, 5) is 16.1. The summed E-state index contributed by atoms with van der Waals surface area (Å²) in [5.74, 6) is 0.0352. The highest BCUT2D eigenvalue weighted by Crippen LogP contribution is 2.29. The molecule has 0 fully saturated rings. The van der Waals surface area contributed by atoms with Crippen LogP contribution < -0.4 is 4.74 Å². The van der Waals surface area contributed by atoms with Crippen LogP contribution in [0.15, 0.2) is 42.7 Å². The first kappa shape index (κ1) is 15.0. The van der Waals surface area contributed by atoms with Gasteiger partial charge in [0.1, 0.15) is 5.75 Å². The largest absolute Gasteiger partial charge is 0.492 e. The third-order valence-corrected chi connectivity index (χ3v) is 2.76. The van der Waals surface area contributed by atoms with E-state index >= 15 is 0 Å². The van der Waals surface area contributed by atoms with Crippen molar-refractivity contribution in [3.63, 3.8) is 0 Å². The highest BCUT2D eigenvalue weighted by molar-refractivity contribution is 6.09. The Morgan fingerprint density at radius 1 is 1.14 bits per heavy atom. The van der Waals surface area contributed by atoms with E-state index in [0.29, 0.717) is 12.4 Å². The van der Waals surface area contributed by atoms with Gasteiger partial charge in [-0.1, -0.05) is 12.1 Å². The van der Waals surface area contributed by atoms with E-state index in [2.05, 4.69) is 4.98 Å². The molecule has 0 radical (unpaired) electrons. The third-order valence-electron chi connectivity index (χ3n) is 2.76. The number of aromatic nitrogens is 1. The van der Waals surface area contributed by atoms with Crippen molar-refractivity contribution in [3.8, 4) is 5.75 Å². The molecule has 21 heavy (non-hydrogen) atoms. The van der Waals surface area contributed by atoms with Gasteiger partial charge in [-0.15, -0.1) is 0 Å². The Balaban J connectivity index is 2.26. The van der Waals surface area contributed by atoms with Crippen LogP contribution >= 0.6 is 0 Å². The Morgan fingerprint density at radius 3 is 2.38 bits per heavy atom. The minimum absolute atomic E-state index is 0.165. The normalized spacial score (nSPS) is 11.2. The highest BCUT2D eigenvalue weighted by Gasteiger charge is 2.30. The standard InChI is InChI=1S/C15H12F3NO2/c1-2-21-13-7-11(8-19-9-13)14(20)10-3-5-12(6-4-10)15(16,17)18/h3-9H,2H2,1H3. The van der Waals surface area contributed by atoms with E-state index in [1.54, 1.807) is 6.92 Å². The van der Waals surface area contributed by atoms with Gasteiger partial charge in [0.05, 0.1) is 18.4 Å². The molecule has 0 aliphatic heterocycles. The van der Waals surface area contributed by atoms with E-state index in [1.807, 2.05) is 0 Å². The van der Waals surface area contributed by atoms with Crippen molar-refractivity contribution in [2.75, 3.05) is 6.61 Å². The predicted molar refractivity (Wildman–Crippen MR) is 70.3 cm³/mol. The molecule has 1 aromatic heterocycles. The summed E-state index contributed by atoms with van der Waals surface area (Å²) in [5.41, 5.74) is -0.362. The SMILES string of the molecule is CCOc1cncc(C(=O)c2ccc(C(F)(F)F)cc2)c1. The fraction of sp³-hybridized carbons (Fsp3) is 0.200. The van der Waals surface area contributed by atoms with Gasteiger partial charge in [-0.3, -0.25) is 9.78 Å². The lowest BCUT2D eigenvalue weighted by atomic mass is 10.0. The molecule has 0 amide bonds. The zero-order chi connectivity index (χ0) is 15.5. The van der Waals surface area contributed by atoms with Crippen molar-refractivity contribution in [3.05, 3.63) is 59.4 Å². The maximum atomic E-state index is 12.5. The Bertz CT molecular complexity index is 636. The summed E-state index contributed by atoms with van der Waals surface area (Å²) in [6, 6.07) is 5.58. The number of carbonyl (C=O) groups is 1. The second-order valence-electron chi connectivity index (χ2n) is 4.25. The molecule has 0 N–H and O–H groups in total. The average Bonchev–Trinajstić information content (AvgIpc) is 2.46. The van der Waals surface area contributed by atoms with Crippen molar-refractivity contribution in [2.45, 2.75) is 13.1 Å². The van der Waals surface area contributed by atoms with Crippen LogP contribution in [0.2, 0.25) is 0 Å². The van der Waals surface area contributed by atoms with Gasteiger partial charge < -0.3 is 4.74 Å². The Labute approximate surface area is 119 Å². The van der Waals surface area contributed by atoms with Gasteiger partial charge in [0.15, 0.2) is 5.78 Å². The van der Waals surface area contributed by atoms with Gasteiger partial charge in [0.25, 0.3) is 0 Å². The van der Waals surface area contributed by atoms with Crippen LogP contribution in [-0.4, -0.2) is 17.4 Å². The van der Waals surface area contributed by atoms with Crippen LogP contribution in [0.3, 0.4) is 0 Å². The number of ketones is 1. The van der Waals surface area contributed by atoms with Gasteiger partial charge in [0.2, 0.25) is 0 Å². The molecule has 0 unspecified atom stereocenters. The lowest BCUT2D eigenvalue weighted by Gasteiger charge is -2.08. The molecule has 0 bridgehead atoms. The Hall–Kier alpha value is -2.37. The zero-order valence-corrected chi connectivity index (χ0v) is 11.1. The second kappa shape index (κ2) is 5.95. The number of ether oxygens (including phenoxy) is 1. The topological polar surface area (TPSA) is 39.2 Å². The van der Waals surface area contributed by atoms with Crippen molar-refractivity contribution in [2.24, 2.45) is 0 Å². The van der Waals surface area contributed by atoms with Crippen LogP contribution in [0.25, 0.3) is 0 Å². The van der Waals surface area contributed by atoms with Crippen molar-refractivity contribution in [1.82, 2.24) is 4.98 Å². The maximum Gasteiger partial charge on any atom is 0.416 e. The smallest absolute Gasteiger partial charge is 0.416 e. The monoisotopic (exact) mass is 295 g/mol. The molecule has 0 saturated heterocycles. The number of pyridine rings is 1. The first-order valence-corrected chi connectivity index (χ1v) is 6.21. The van der Waals surface area contributed by atoms with Crippen molar-refractivity contribution in [1.29, 1.82) is 0 Å². The van der Waals surface area contributed by atoms with Crippen LogP contribution in [-0.2, 0) is 6.18 Å². The number of hydrogen-bond donors (Lipinski definition) is 0. The van der Waals surface area contributed by atoms with E-state index in [0.717, 1.165) is 24.3 Å². The quantitative estimate of drug-likeness (QED) is 0.807. The maximum absolute atomic E-state index is 12.5. The molecule has 3 nitrogen and oxygen atoms in total. The summed E-state index contributed by atoms with van der Waals surface area (Å²) in [6.45, 7) is 2.23. The molecule has 0 saturated carbocycles. The van der Waals surface area contributed by atoms with Crippen LogP contribution in [0, 0.1) is 0 Å². The van der Waals surface area contributed by atoms with Gasteiger partial charge in [0, 0.05) is 17.3 Å². The van der Waals surface area contributed by atoms with E-state index in [4.69, 9.17) is 4.74 Å². The number of nitrogens with zero attached hydrogens (tertiary/aromatic N) is 1. The van der Waals surface area contributed by atoms with Gasteiger partial charge in [-0.2, -0.15) is 13.2 Å². The van der Waals surface area contributed by atoms with E-state index < -0.39 is 17.5 Å². The summed E-state index contributed by atoms with van der Waals surface area (Å²) in [7, 11) is 0. The van der Waals surface area contributed by atoms with E-state index in [1.165, 1.54) is 18.5 Å². The molecule has 0 atom stereocenters. The first-order chi connectivity index (χ1) is 9.91.